The molecule has 0 saturated heterocycles. The van der Waals surface area contributed by atoms with Crippen molar-refractivity contribution in [3.8, 4) is 0 Å². The Hall–Kier alpha value is -0.980. The van der Waals surface area contributed by atoms with Crippen molar-refractivity contribution in [2.45, 2.75) is 39.0 Å². The minimum absolute atomic E-state index is 0.218. The monoisotopic (exact) mass is 327 g/mol. The maximum Gasteiger partial charge on any atom is 0.277 e. The minimum atomic E-state index is -0.218. The van der Waals surface area contributed by atoms with E-state index in [9.17, 15) is 4.79 Å². The predicted octanol–water partition coefficient (Wildman–Crippen LogP) is 4.12. The van der Waals surface area contributed by atoms with Crippen LogP contribution in [0.1, 0.15) is 52.1 Å². The Morgan fingerprint density at radius 2 is 2.10 bits per heavy atom. The maximum absolute atomic E-state index is 12.3. The van der Waals surface area contributed by atoms with E-state index in [0.29, 0.717) is 15.3 Å². The summed E-state index contributed by atoms with van der Waals surface area (Å²) >= 11 is 8.86. The molecule has 2 aromatic rings. The summed E-state index contributed by atoms with van der Waals surface area (Å²) in [7, 11) is 0. The maximum atomic E-state index is 12.3. The Morgan fingerprint density at radius 3 is 2.80 bits per heavy atom. The molecule has 0 spiro atoms. The average Bonchev–Trinajstić information content (AvgIpc) is 3.02. The summed E-state index contributed by atoms with van der Waals surface area (Å²) in [6.07, 6.45) is 3.26. The van der Waals surface area contributed by atoms with Crippen LogP contribution in [0.5, 0.6) is 0 Å². The lowest BCUT2D eigenvalue weighted by molar-refractivity contribution is 0.102. The molecule has 0 aliphatic heterocycles. The van der Waals surface area contributed by atoms with E-state index < -0.39 is 0 Å². The average molecular weight is 328 g/mol. The first-order valence-corrected chi connectivity index (χ1v) is 8.52. The van der Waals surface area contributed by atoms with E-state index in [1.54, 1.807) is 11.3 Å². The highest BCUT2D eigenvalue weighted by Crippen LogP contribution is 2.32. The number of nitrogens with zero attached hydrogens (tertiary/aromatic N) is 2. The largest absolute Gasteiger partial charge is 0.296 e. The van der Waals surface area contributed by atoms with Crippen molar-refractivity contribution in [2.75, 3.05) is 5.32 Å². The highest BCUT2D eigenvalue weighted by atomic mass is 35.5. The Bertz CT molecular complexity index is 641. The lowest BCUT2D eigenvalue weighted by atomic mass is 10.1. The quantitative estimate of drug-likeness (QED) is 0.922. The van der Waals surface area contributed by atoms with Gasteiger partial charge in [-0.2, -0.15) is 0 Å². The smallest absolute Gasteiger partial charge is 0.277 e. The fourth-order valence-electron chi connectivity index (χ4n) is 2.26. The number of carbonyl (C=O) groups excluding carboxylic acids is 1. The lowest BCUT2D eigenvalue weighted by Gasteiger charge is -2.04. The van der Waals surface area contributed by atoms with Gasteiger partial charge in [-0.05, 0) is 25.2 Å². The zero-order valence-electron chi connectivity index (χ0n) is 11.2. The van der Waals surface area contributed by atoms with Gasteiger partial charge in [-0.25, -0.2) is 9.97 Å². The summed E-state index contributed by atoms with van der Waals surface area (Å²) in [5, 5.41) is 3.52. The van der Waals surface area contributed by atoms with Crippen LogP contribution in [0.25, 0.3) is 0 Å². The molecule has 7 heteroatoms. The zero-order valence-corrected chi connectivity index (χ0v) is 13.6. The number of aromatic nitrogens is 2. The Kier molecular flexibility index (Phi) is 3.79. The normalized spacial score (nSPS) is 13.8. The SMILES string of the molecule is CC(C)c1sc(Cl)nc1C(=O)Nc1nc2c(s1)CCC2. The van der Waals surface area contributed by atoms with Crippen LogP contribution < -0.4 is 5.32 Å². The second-order valence-corrected chi connectivity index (χ2v) is 7.73. The number of hydrogen-bond donors (Lipinski definition) is 1. The first-order valence-electron chi connectivity index (χ1n) is 6.50. The molecule has 2 aromatic heterocycles. The molecule has 1 N–H and O–H groups in total. The predicted molar refractivity (Wildman–Crippen MR) is 83.3 cm³/mol. The minimum Gasteiger partial charge on any atom is -0.296 e. The number of carbonyl (C=O) groups is 1. The number of aryl methyl sites for hydroxylation is 2. The van der Waals surface area contributed by atoms with E-state index in [-0.39, 0.29) is 11.8 Å². The highest BCUT2D eigenvalue weighted by Gasteiger charge is 2.22. The van der Waals surface area contributed by atoms with E-state index >= 15 is 0 Å². The van der Waals surface area contributed by atoms with Gasteiger partial charge in [0.15, 0.2) is 9.60 Å². The van der Waals surface area contributed by atoms with Crippen LogP contribution in [0, 0.1) is 0 Å². The van der Waals surface area contributed by atoms with Crippen molar-refractivity contribution in [3.63, 3.8) is 0 Å². The van der Waals surface area contributed by atoms with Gasteiger partial charge in [0.2, 0.25) is 0 Å². The summed E-state index contributed by atoms with van der Waals surface area (Å²) in [5.41, 5.74) is 1.55. The molecule has 4 nitrogen and oxygen atoms in total. The van der Waals surface area contributed by atoms with Crippen molar-refractivity contribution in [2.24, 2.45) is 0 Å². The van der Waals surface area contributed by atoms with Crippen LogP contribution in [0.2, 0.25) is 4.47 Å². The number of halogens is 1. The summed E-state index contributed by atoms with van der Waals surface area (Å²) in [4.78, 5) is 23.1. The van der Waals surface area contributed by atoms with Crippen molar-refractivity contribution >= 4 is 45.3 Å². The summed E-state index contributed by atoms with van der Waals surface area (Å²) in [6.45, 7) is 4.05. The Balaban J connectivity index is 1.82. The van der Waals surface area contributed by atoms with E-state index in [0.717, 1.165) is 23.4 Å². The molecule has 0 fully saturated rings. The fourth-order valence-corrected chi connectivity index (χ4v) is 4.43. The van der Waals surface area contributed by atoms with Crippen LogP contribution >= 0.6 is 34.3 Å². The Morgan fingerprint density at radius 1 is 1.30 bits per heavy atom. The van der Waals surface area contributed by atoms with Crippen LogP contribution in [-0.2, 0) is 12.8 Å². The summed E-state index contributed by atoms with van der Waals surface area (Å²) in [6, 6.07) is 0. The molecule has 0 radical (unpaired) electrons. The van der Waals surface area contributed by atoms with Gasteiger partial charge in [-0.3, -0.25) is 10.1 Å². The number of fused-ring (bicyclic) bond motifs is 1. The molecule has 0 bridgehead atoms. The van der Waals surface area contributed by atoms with Crippen LogP contribution in [-0.4, -0.2) is 15.9 Å². The third-order valence-electron chi connectivity index (χ3n) is 3.18. The topological polar surface area (TPSA) is 54.9 Å². The van der Waals surface area contributed by atoms with Crippen LogP contribution in [0.15, 0.2) is 0 Å². The number of thiazole rings is 2. The summed E-state index contributed by atoms with van der Waals surface area (Å²) < 4.78 is 0.403. The van der Waals surface area contributed by atoms with Crippen molar-refractivity contribution in [1.29, 1.82) is 0 Å². The third kappa shape index (κ3) is 2.60. The van der Waals surface area contributed by atoms with Gasteiger partial charge in [-0.1, -0.05) is 25.4 Å². The first-order chi connectivity index (χ1) is 9.54. The van der Waals surface area contributed by atoms with Gasteiger partial charge in [0.05, 0.1) is 5.69 Å². The van der Waals surface area contributed by atoms with Gasteiger partial charge in [0.25, 0.3) is 5.91 Å². The van der Waals surface area contributed by atoms with Gasteiger partial charge >= 0.3 is 0 Å². The number of nitrogens with one attached hydrogen (secondary N) is 1. The molecular formula is C13H14ClN3OS2. The molecule has 0 atom stereocenters. The van der Waals surface area contributed by atoms with E-state index in [1.807, 2.05) is 13.8 Å². The lowest BCUT2D eigenvalue weighted by Crippen LogP contribution is -2.14. The highest BCUT2D eigenvalue weighted by molar-refractivity contribution is 7.16. The molecule has 0 unspecified atom stereocenters. The molecule has 0 saturated carbocycles. The van der Waals surface area contributed by atoms with Gasteiger partial charge < -0.3 is 0 Å². The van der Waals surface area contributed by atoms with E-state index in [1.165, 1.54) is 22.6 Å². The van der Waals surface area contributed by atoms with E-state index in [2.05, 4.69) is 15.3 Å². The molecule has 1 aliphatic carbocycles. The number of anilines is 1. The molecule has 2 heterocycles. The fraction of sp³-hybridized carbons (Fsp3) is 0.462. The van der Waals surface area contributed by atoms with Crippen molar-refractivity contribution in [3.05, 3.63) is 25.6 Å². The molecule has 0 aromatic carbocycles. The van der Waals surface area contributed by atoms with Gasteiger partial charge in [0, 0.05) is 9.75 Å². The van der Waals surface area contributed by atoms with Crippen molar-refractivity contribution < 1.29 is 4.79 Å². The second kappa shape index (κ2) is 5.42. The summed E-state index contributed by atoms with van der Waals surface area (Å²) in [5.74, 6) is 0.00586. The molecule has 106 valence electrons. The third-order valence-corrected chi connectivity index (χ3v) is 5.72. The van der Waals surface area contributed by atoms with Gasteiger partial charge in [-0.15, -0.1) is 22.7 Å². The second-order valence-electron chi connectivity index (χ2n) is 5.03. The molecule has 3 rings (SSSR count). The number of rotatable bonds is 3. The first kappa shape index (κ1) is 14.0. The van der Waals surface area contributed by atoms with E-state index in [4.69, 9.17) is 11.6 Å². The molecule has 20 heavy (non-hydrogen) atoms. The molecule has 1 aliphatic rings. The standard InChI is InChI=1S/C13H14ClN3OS2/c1-6(2)10-9(16-12(14)20-10)11(18)17-13-15-7-4-3-5-8(7)19-13/h6H,3-5H2,1-2H3,(H,15,17,18). The Labute approximate surface area is 130 Å². The van der Waals surface area contributed by atoms with Gasteiger partial charge in [0.1, 0.15) is 5.69 Å². The molecular weight excluding hydrogens is 314 g/mol. The number of amides is 1. The van der Waals surface area contributed by atoms with Crippen molar-refractivity contribution in [1.82, 2.24) is 9.97 Å². The van der Waals surface area contributed by atoms with Crippen LogP contribution in [0.4, 0.5) is 5.13 Å². The number of hydrogen-bond acceptors (Lipinski definition) is 5. The van der Waals surface area contributed by atoms with Crippen LogP contribution in [0.3, 0.4) is 0 Å². The zero-order chi connectivity index (χ0) is 14.3. The molecule has 1 amide bonds.